The number of para-hydroxylation sites is 5. The van der Waals surface area contributed by atoms with E-state index in [2.05, 4.69) is 448 Å². The van der Waals surface area contributed by atoms with Gasteiger partial charge in [-0.2, -0.15) is 0 Å². The Bertz CT molecular complexity index is 9410. The van der Waals surface area contributed by atoms with Crippen LogP contribution < -0.4 is 0 Å². The molecule has 10 heteroatoms. The summed E-state index contributed by atoms with van der Waals surface area (Å²) in [5.74, 6) is 2.69. The molecule has 662 valence electrons. The molecule has 26 aromatic rings. The lowest BCUT2D eigenvalue weighted by molar-refractivity contribution is 0.375. The van der Waals surface area contributed by atoms with Crippen LogP contribution in [0.1, 0.15) is 164 Å². The van der Waals surface area contributed by atoms with Crippen LogP contribution >= 0.6 is 0 Å². The van der Waals surface area contributed by atoms with E-state index < -0.39 is 10.8 Å². The van der Waals surface area contributed by atoms with E-state index in [4.69, 9.17) is 24.9 Å². The number of aromatic nitrogens is 10. The van der Waals surface area contributed by atoms with Gasteiger partial charge in [-0.15, -0.1) is 0 Å². The maximum absolute atomic E-state index is 5.26. The van der Waals surface area contributed by atoms with Gasteiger partial charge >= 0.3 is 0 Å². The van der Waals surface area contributed by atoms with Crippen LogP contribution in [0.3, 0.4) is 0 Å². The monoisotopic (exact) mass is 1780 g/mol. The third-order valence-electron chi connectivity index (χ3n) is 33.2. The molecule has 0 bridgehead atoms. The number of pyridine rings is 5. The molecule has 0 amide bonds. The van der Waals surface area contributed by atoms with Gasteiger partial charge in [-0.25, -0.2) is 24.9 Å². The van der Waals surface area contributed by atoms with Crippen LogP contribution in [-0.4, -0.2) is 46.9 Å². The molecule has 139 heavy (non-hydrogen) atoms. The van der Waals surface area contributed by atoms with E-state index in [0.29, 0.717) is 23.7 Å². The fourth-order valence-electron chi connectivity index (χ4n) is 27.7. The van der Waals surface area contributed by atoms with Crippen LogP contribution in [0.4, 0.5) is 0 Å². The first-order valence-corrected chi connectivity index (χ1v) is 49.8. The molecule has 2 saturated carbocycles. The zero-order chi connectivity index (χ0) is 91.3. The molecule has 10 aromatic heterocycles. The minimum atomic E-state index is -0.665. The van der Waals surface area contributed by atoms with Gasteiger partial charge in [0.2, 0.25) is 0 Å². The molecule has 0 radical (unpaired) electrons. The first kappa shape index (κ1) is 79.9. The molecule has 7 aliphatic rings. The van der Waals surface area contributed by atoms with Crippen molar-refractivity contribution in [3.05, 3.63) is 514 Å². The molecule has 16 aromatic carbocycles. The van der Waals surface area contributed by atoms with Crippen molar-refractivity contribution >= 4 is 137 Å². The lowest BCUT2D eigenvalue weighted by Crippen LogP contribution is -2.55. The van der Waals surface area contributed by atoms with Crippen molar-refractivity contribution in [1.82, 2.24) is 46.9 Å². The third kappa shape index (κ3) is 11.2. The topological polar surface area (TPSA) is 86.5 Å². The van der Waals surface area contributed by atoms with E-state index in [1.165, 1.54) is 238 Å². The maximum atomic E-state index is 5.26. The summed E-state index contributed by atoms with van der Waals surface area (Å²) in [6.07, 6.45) is 21.0. The molecule has 2 fully saturated rings. The largest absolute Gasteiger partial charge is 0.296 e. The van der Waals surface area contributed by atoms with Crippen LogP contribution in [0.2, 0.25) is 0 Å². The van der Waals surface area contributed by atoms with Crippen molar-refractivity contribution in [1.29, 1.82) is 0 Å². The van der Waals surface area contributed by atoms with E-state index in [1.54, 1.807) is 11.1 Å². The van der Waals surface area contributed by atoms with E-state index >= 15 is 0 Å². The quantitative estimate of drug-likeness (QED) is 0.155. The Kier molecular flexibility index (Phi) is 17.8. The molecule has 15 heterocycles. The molecule has 4 atom stereocenters. The second kappa shape index (κ2) is 31.1. The number of imidazole rings is 5. The van der Waals surface area contributed by atoms with E-state index in [9.17, 15) is 0 Å². The van der Waals surface area contributed by atoms with Crippen molar-refractivity contribution in [3.8, 4) is 0 Å². The fraction of sp³-hybridized carbons (Fsp3) is 0.140. The highest BCUT2D eigenvalue weighted by Gasteiger charge is 2.62. The highest BCUT2D eigenvalue weighted by atomic mass is 15.1. The smallest absolute Gasteiger partial charge is 0.145 e. The van der Waals surface area contributed by atoms with Gasteiger partial charge in [0, 0.05) is 95.2 Å². The number of hydrogen-bond acceptors (Lipinski definition) is 5. The zero-order valence-electron chi connectivity index (χ0n) is 77.2. The Hall–Kier alpha value is -16.4. The molecular formula is C129H96N10. The Morgan fingerprint density at radius 1 is 0.237 bits per heavy atom. The first-order chi connectivity index (χ1) is 68.9. The van der Waals surface area contributed by atoms with Gasteiger partial charge in [0.15, 0.2) is 0 Å². The summed E-state index contributed by atoms with van der Waals surface area (Å²) >= 11 is 0. The Labute approximate surface area is 803 Å². The van der Waals surface area contributed by atoms with Crippen LogP contribution in [0.15, 0.2) is 419 Å². The number of fused-ring (bicyclic) bond motifs is 21. The van der Waals surface area contributed by atoms with Crippen molar-refractivity contribution in [2.75, 3.05) is 0 Å². The molecule has 0 N–H and O–H groups in total. The zero-order valence-corrected chi connectivity index (χ0v) is 77.2. The average Bonchev–Trinajstić information content (AvgIpc) is 1.59. The van der Waals surface area contributed by atoms with E-state index in [-0.39, 0.29) is 5.41 Å². The van der Waals surface area contributed by atoms with Gasteiger partial charge in [0.25, 0.3) is 0 Å². The summed E-state index contributed by atoms with van der Waals surface area (Å²) in [5.41, 5.74) is 33.1. The number of nitrogens with zero attached hydrogens (tertiary/aromatic N) is 10. The lowest BCUT2D eigenvalue weighted by Gasteiger charge is -2.55. The predicted molar refractivity (Wildman–Crippen MR) is 568 cm³/mol. The number of benzene rings is 16. The molecule has 5 aliphatic heterocycles. The van der Waals surface area contributed by atoms with Gasteiger partial charge in [-0.1, -0.05) is 414 Å². The molecule has 4 unspecified atom stereocenters. The predicted octanol–water partition coefficient (Wildman–Crippen LogP) is 30.3. The average molecular weight is 1790 g/mol. The number of hydrogen-bond donors (Lipinski definition) is 0. The SMILES string of the molecule is Cc1nc2c3ccccc3c3cccc4c3n2c1CC4.c1ccc(C2(c3ccccc3)Cc3cccc4c5ccccc5c5ncc2n5c34)cc1.c1ccc(C2(c3ccccc3)c3cccc4c5ccccc5c5ncc(n5c34)C2(c2ccccc2)c2ccccc2)cc1.c1ccc2c(c1)c1cccc3c1n1c(cnc21)C1CCCC31.c1ccc2c(c1)c1cccc3c1n1c(cnc21)C1CCCCC31. The summed E-state index contributed by atoms with van der Waals surface area (Å²) in [5, 5.41) is 19.3. The van der Waals surface area contributed by atoms with Crippen LogP contribution in [-0.2, 0) is 35.5 Å². The Balaban J connectivity index is 0.0000000862. The summed E-state index contributed by atoms with van der Waals surface area (Å²) in [6.45, 7) is 2.14. The highest BCUT2D eigenvalue weighted by molar-refractivity contribution is 6.18. The fourth-order valence-corrected chi connectivity index (χ4v) is 27.7. The van der Waals surface area contributed by atoms with Gasteiger partial charge in [-0.05, 0) is 152 Å². The Morgan fingerprint density at radius 3 is 1.02 bits per heavy atom. The maximum Gasteiger partial charge on any atom is 0.145 e. The van der Waals surface area contributed by atoms with Gasteiger partial charge < -0.3 is 0 Å². The Morgan fingerprint density at radius 2 is 0.561 bits per heavy atom. The van der Waals surface area contributed by atoms with Gasteiger partial charge in [0.1, 0.15) is 28.2 Å². The third-order valence-corrected chi connectivity index (χ3v) is 33.2. The van der Waals surface area contributed by atoms with E-state index in [0.717, 1.165) is 47.5 Å². The molecule has 0 spiro atoms. The summed E-state index contributed by atoms with van der Waals surface area (Å²) in [6, 6.07) is 144. The minimum Gasteiger partial charge on any atom is -0.296 e. The van der Waals surface area contributed by atoms with Crippen LogP contribution in [0.25, 0.3) is 137 Å². The van der Waals surface area contributed by atoms with Crippen molar-refractivity contribution in [2.45, 2.75) is 111 Å². The minimum absolute atomic E-state index is 0.286. The normalized spacial score (nSPS) is 17.3. The second-order valence-corrected chi connectivity index (χ2v) is 39.6. The molecular weight excluding hydrogens is 1690 g/mol. The molecule has 33 rings (SSSR count). The van der Waals surface area contributed by atoms with Gasteiger partial charge in [0.05, 0.1) is 73.3 Å². The summed E-state index contributed by atoms with van der Waals surface area (Å²) in [4.78, 5) is 24.8. The highest BCUT2D eigenvalue weighted by Crippen LogP contribution is 2.65. The molecule has 2 aliphatic carbocycles. The molecule has 10 nitrogen and oxygen atoms in total. The summed E-state index contributed by atoms with van der Waals surface area (Å²) in [7, 11) is 0. The van der Waals surface area contributed by atoms with Crippen molar-refractivity contribution in [2.24, 2.45) is 0 Å². The van der Waals surface area contributed by atoms with Crippen molar-refractivity contribution < 1.29 is 0 Å². The van der Waals surface area contributed by atoms with Gasteiger partial charge in [-0.3, -0.25) is 22.0 Å². The molecule has 0 saturated heterocycles. The van der Waals surface area contributed by atoms with Crippen LogP contribution in [0, 0.1) is 6.92 Å². The second-order valence-electron chi connectivity index (χ2n) is 39.6. The van der Waals surface area contributed by atoms with E-state index in [1.807, 2.05) is 0 Å². The number of aryl methyl sites for hydroxylation is 3. The van der Waals surface area contributed by atoms with Crippen molar-refractivity contribution in [3.63, 3.8) is 0 Å². The standard InChI is InChI=1S/C41H28N2.C29H20N2.C21H18N2.C20H16N2.C18H14N2/c1-5-16-29(17-6-1)40(30-18-7-2-8-19-30)36-27-15-26-34-33-24-13-14-25-35(33)39-42-28-37(43(39)38(34)36)41(40,31-20-9-3-10-21-31)32-22-11-4-12-23-32;1-3-11-21(12-4-1)29(22-13-5-2-6-14-22)18-20-10-9-17-24-23-15-7-8-16-25(23)28-30-19-26(29)31(28)27(20)24;1-3-8-15-13(6-1)16-10-5-11-17-14-7-2-4-9-18(14)21-22-12-19(15)23(21)20(16)17;1-2-6-17-13(5-1)16-10-4-9-15-12-7-3-8-14(12)18-11-21-20(17)22(18)19(15)16;1-11-16-10-9-12-5-4-8-14-13-6-2-3-7-15(13)18(19-11)20(16)17(12)14/h1-28H;1-17,19H,18H2;2,4-5,7,9-13,15H,1,3,6,8H2;1-2,4-6,9-12,14H,3,7-8H2;2-8H,9-10H2,1H3. The lowest BCUT2D eigenvalue weighted by atomic mass is 9.47. The number of rotatable bonds is 6. The summed E-state index contributed by atoms with van der Waals surface area (Å²) < 4.78 is 12.2. The van der Waals surface area contributed by atoms with Crippen LogP contribution in [0.5, 0.6) is 0 Å². The first-order valence-electron chi connectivity index (χ1n) is 49.8.